The zero-order valence-corrected chi connectivity index (χ0v) is 18.4. The van der Waals surface area contributed by atoms with Crippen molar-refractivity contribution in [3.05, 3.63) is 53.7 Å². The summed E-state index contributed by atoms with van der Waals surface area (Å²) < 4.78 is 17.2. The Labute approximate surface area is 189 Å². The van der Waals surface area contributed by atoms with E-state index in [-0.39, 0.29) is 17.9 Å². The van der Waals surface area contributed by atoms with Crippen LogP contribution in [0.1, 0.15) is 42.9 Å². The van der Waals surface area contributed by atoms with Gasteiger partial charge in [0.1, 0.15) is 6.61 Å². The van der Waals surface area contributed by atoms with Gasteiger partial charge in [-0.1, -0.05) is 24.3 Å². The summed E-state index contributed by atoms with van der Waals surface area (Å²) in [5, 5.41) is 3.27. The topological polar surface area (TPSA) is 72.9 Å². The number of carbonyl (C=O) groups is 1. The van der Waals surface area contributed by atoms with Crippen molar-refractivity contribution in [2.75, 3.05) is 32.9 Å². The summed E-state index contributed by atoms with van der Waals surface area (Å²) >= 11 is 0. The molecule has 1 N–H and O–H groups in total. The van der Waals surface area contributed by atoms with Crippen LogP contribution in [0, 0.1) is 5.92 Å². The first-order valence-corrected chi connectivity index (χ1v) is 11.7. The molecule has 0 unspecified atom stereocenters. The van der Waals surface area contributed by atoms with Crippen molar-refractivity contribution < 1.29 is 19.0 Å². The Balaban J connectivity index is 1.08. The normalized spacial score (nSPS) is 22.4. The monoisotopic (exact) mass is 437 g/mol. The summed E-state index contributed by atoms with van der Waals surface area (Å²) in [7, 11) is 0. The Bertz CT molecular complexity index is 906. The first-order chi connectivity index (χ1) is 15.7. The second-order valence-electron chi connectivity index (χ2n) is 8.91. The van der Waals surface area contributed by atoms with Crippen LogP contribution < -0.4 is 14.8 Å². The SMILES string of the molecule is O=C(NC1CCN(Cc2ccc([C@H]3COc4cccnc4O3)cc2)CC1)C1CCOCC1. The number of nitrogens with zero attached hydrogens (tertiary/aromatic N) is 2. The fraction of sp³-hybridized carbons (Fsp3) is 0.520. The van der Waals surface area contributed by atoms with E-state index in [0.717, 1.165) is 50.9 Å². The van der Waals surface area contributed by atoms with Crippen LogP contribution in [0.2, 0.25) is 0 Å². The minimum atomic E-state index is -0.137. The molecule has 170 valence electrons. The van der Waals surface area contributed by atoms with Crippen LogP contribution in [-0.2, 0) is 16.1 Å². The minimum Gasteiger partial charge on any atom is -0.484 e. The van der Waals surface area contributed by atoms with Crippen molar-refractivity contribution in [1.82, 2.24) is 15.2 Å². The molecule has 2 fully saturated rings. The number of piperidine rings is 1. The Morgan fingerprint density at radius 3 is 2.62 bits per heavy atom. The van der Waals surface area contributed by atoms with Crippen molar-refractivity contribution >= 4 is 5.91 Å². The molecular formula is C25H31N3O4. The van der Waals surface area contributed by atoms with E-state index in [0.29, 0.717) is 37.5 Å². The number of carbonyl (C=O) groups excluding carboxylic acids is 1. The van der Waals surface area contributed by atoms with Crippen molar-refractivity contribution in [1.29, 1.82) is 0 Å². The van der Waals surface area contributed by atoms with Gasteiger partial charge in [0, 0.05) is 51.0 Å². The number of hydrogen-bond acceptors (Lipinski definition) is 6. The molecule has 2 saturated heterocycles. The maximum Gasteiger partial charge on any atom is 0.257 e. The van der Waals surface area contributed by atoms with Gasteiger partial charge in [-0.25, -0.2) is 4.98 Å². The average Bonchev–Trinajstić information content (AvgIpc) is 2.86. The van der Waals surface area contributed by atoms with Crippen LogP contribution in [0.3, 0.4) is 0 Å². The van der Waals surface area contributed by atoms with Crippen LogP contribution in [0.4, 0.5) is 0 Å². The van der Waals surface area contributed by atoms with Gasteiger partial charge in [0.2, 0.25) is 5.91 Å². The van der Waals surface area contributed by atoms with Gasteiger partial charge in [-0.05, 0) is 48.9 Å². The lowest BCUT2D eigenvalue weighted by Gasteiger charge is -2.33. The summed E-state index contributed by atoms with van der Waals surface area (Å²) in [5.41, 5.74) is 2.38. The van der Waals surface area contributed by atoms with Gasteiger partial charge in [-0.15, -0.1) is 0 Å². The average molecular weight is 438 g/mol. The van der Waals surface area contributed by atoms with Crippen molar-refractivity contribution in [3.8, 4) is 11.6 Å². The number of fused-ring (bicyclic) bond motifs is 1. The van der Waals surface area contributed by atoms with E-state index in [4.69, 9.17) is 14.2 Å². The smallest absolute Gasteiger partial charge is 0.257 e. The van der Waals surface area contributed by atoms with E-state index in [1.807, 2.05) is 12.1 Å². The number of pyridine rings is 1. The van der Waals surface area contributed by atoms with E-state index >= 15 is 0 Å². The molecule has 3 aliphatic rings. The molecule has 32 heavy (non-hydrogen) atoms. The van der Waals surface area contributed by atoms with E-state index < -0.39 is 0 Å². The van der Waals surface area contributed by atoms with Crippen molar-refractivity contribution in [2.45, 2.75) is 44.4 Å². The highest BCUT2D eigenvalue weighted by atomic mass is 16.6. The van der Waals surface area contributed by atoms with Gasteiger partial charge >= 0.3 is 0 Å². The summed E-state index contributed by atoms with van der Waals surface area (Å²) in [6, 6.07) is 12.6. The molecule has 1 amide bonds. The van der Waals surface area contributed by atoms with Crippen LogP contribution in [0.25, 0.3) is 0 Å². The van der Waals surface area contributed by atoms with Gasteiger partial charge < -0.3 is 19.5 Å². The van der Waals surface area contributed by atoms with Crippen molar-refractivity contribution in [2.24, 2.45) is 5.92 Å². The Morgan fingerprint density at radius 1 is 1.06 bits per heavy atom. The Kier molecular flexibility index (Phi) is 6.55. The number of hydrogen-bond donors (Lipinski definition) is 1. The van der Waals surface area contributed by atoms with Gasteiger partial charge in [0.05, 0.1) is 0 Å². The fourth-order valence-corrected chi connectivity index (χ4v) is 4.68. The quantitative estimate of drug-likeness (QED) is 0.775. The molecule has 7 nitrogen and oxygen atoms in total. The molecule has 0 aliphatic carbocycles. The third-order valence-corrected chi connectivity index (χ3v) is 6.66. The largest absolute Gasteiger partial charge is 0.484 e. The third-order valence-electron chi connectivity index (χ3n) is 6.66. The van der Waals surface area contributed by atoms with Crippen LogP contribution >= 0.6 is 0 Å². The molecule has 5 rings (SSSR count). The van der Waals surface area contributed by atoms with E-state index in [1.165, 1.54) is 5.56 Å². The second kappa shape index (κ2) is 9.88. The molecule has 1 atom stereocenters. The molecule has 0 saturated carbocycles. The highest BCUT2D eigenvalue weighted by Crippen LogP contribution is 2.34. The molecule has 3 aliphatic heterocycles. The standard InChI is InChI=1S/C25H31N3O4/c29-24(20-9-14-30-15-10-20)27-21-7-12-28(13-8-21)16-18-3-5-19(6-4-18)23-17-31-22-2-1-11-26-25(22)32-23/h1-6,11,20-21,23H,7-10,12-17H2,(H,27,29)/t23-/m1/s1. The van der Waals surface area contributed by atoms with Gasteiger partial charge in [-0.2, -0.15) is 0 Å². The van der Waals surface area contributed by atoms with Gasteiger partial charge in [-0.3, -0.25) is 9.69 Å². The maximum absolute atomic E-state index is 12.5. The Hall–Kier alpha value is -2.64. The van der Waals surface area contributed by atoms with E-state index in [1.54, 1.807) is 6.20 Å². The highest BCUT2D eigenvalue weighted by molar-refractivity contribution is 5.79. The molecule has 0 spiro atoms. The molecule has 2 aromatic rings. The summed E-state index contributed by atoms with van der Waals surface area (Å²) in [5.74, 6) is 1.60. The number of nitrogens with one attached hydrogen (secondary N) is 1. The lowest BCUT2D eigenvalue weighted by atomic mass is 9.97. The van der Waals surface area contributed by atoms with Crippen molar-refractivity contribution in [3.63, 3.8) is 0 Å². The maximum atomic E-state index is 12.5. The lowest BCUT2D eigenvalue weighted by Crippen LogP contribution is -2.46. The van der Waals surface area contributed by atoms with Crippen LogP contribution in [0.15, 0.2) is 42.6 Å². The molecular weight excluding hydrogens is 406 g/mol. The molecule has 0 bridgehead atoms. The number of likely N-dealkylation sites (tertiary alicyclic amines) is 1. The summed E-state index contributed by atoms with van der Waals surface area (Å²) in [4.78, 5) is 19.2. The van der Waals surface area contributed by atoms with E-state index in [9.17, 15) is 4.79 Å². The predicted molar refractivity (Wildman–Crippen MR) is 120 cm³/mol. The molecule has 7 heteroatoms. The van der Waals surface area contributed by atoms with Gasteiger partial charge in [0.15, 0.2) is 11.9 Å². The number of benzene rings is 1. The van der Waals surface area contributed by atoms with Crippen LogP contribution in [0.5, 0.6) is 11.6 Å². The predicted octanol–water partition coefficient (Wildman–Crippen LogP) is 3.10. The number of rotatable bonds is 5. The molecule has 0 radical (unpaired) electrons. The summed E-state index contributed by atoms with van der Waals surface area (Å²) in [6.07, 6.45) is 5.29. The zero-order chi connectivity index (χ0) is 21.8. The highest BCUT2D eigenvalue weighted by Gasteiger charge is 2.26. The molecule has 1 aromatic carbocycles. The van der Waals surface area contributed by atoms with E-state index in [2.05, 4.69) is 39.5 Å². The number of ether oxygens (including phenoxy) is 3. The summed E-state index contributed by atoms with van der Waals surface area (Å²) in [6.45, 7) is 4.84. The first-order valence-electron chi connectivity index (χ1n) is 11.7. The molecule has 1 aromatic heterocycles. The lowest BCUT2D eigenvalue weighted by molar-refractivity contribution is -0.128. The molecule has 4 heterocycles. The number of aromatic nitrogens is 1. The Morgan fingerprint density at radius 2 is 1.84 bits per heavy atom. The zero-order valence-electron chi connectivity index (χ0n) is 18.4. The van der Waals surface area contributed by atoms with Crippen LogP contribution in [-0.4, -0.2) is 54.7 Å². The number of amides is 1. The van der Waals surface area contributed by atoms with Gasteiger partial charge in [0.25, 0.3) is 5.88 Å². The first kappa shape index (κ1) is 21.2. The minimum absolute atomic E-state index is 0.128. The second-order valence-corrected chi connectivity index (χ2v) is 8.91. The fourth-order valence-electron chi connectivity index (χ4n) is 4.68. The third kappa shape index (κ3) is 5.05.